The highest BCUT2D eigenvalue weighted by Crippen LogP contribution is 2.29. The van der Waals surface area contributed by atoms with Crippen LogP contribution in [0.25, 0.3) is 22.2 Å². The van der Waals surface area contributed by atoms with E-state index in [1.807, 2.05) is 54.4 Å². The summed E-state index contributed by atoms with van der Waals surface area (Å²) in [5, 5.41) is 0.507. The number of hydrogen-bond donors (Lipinski definition) is 0. The molecule has 0 aliphatic heterocycles. The van der Waals surface area contributed by atoms with E-state index in [0.717, 1.165) is 11.3 Å². The maximum Gasteiger partial charge on any atom is 0.204 e. The highest BCUT2D eigenvalue weighted by molar-refractivity contribution is 5.90. The molecular formula is C20H15N3O2. The van der Waals surface area contributed by atoms with Crippen molar-refractivity contribution in [1.29, 1.82) is 0 Å². The number of pyridine rings is 2. The number of rotatable bonds is 3. The summed E-state index contributed by atoms with van der Waals surface area (Å²) < 4.78 is 6.09. The van der Waals surface area contributed by atoms with E-state index in [2.05, 4.69) is 9.97 Å². The molecule has 0 atom stereocenters. The number of nitrogens with zero attached hydrogens (tertiary/aromatic N) is 3. The molecule has 0 aliphatic rings. The molecule has 25 heavy (non-hydrogen) atoms. The lowest BCUT2D eigenvalue weighted by Crippen LogP contribution is -2.13. The molecule has 0 spiro atoms. The Morgan fingerprint density at radius 3 is 2.48 bits per heavy atom. The second-order valence-electron chi connectivity index (χ2n) is 5.62. The van der Waals surface area contributed by atoms with Crippen molar-refractivity contribution >= 4 is 22.5 Å². The molecule has 0 amide bonds. The lowest BCUT2D eigenvalue weighted by atomic mass is 10.1. The Kier molecular flexibility index (Phi) is 3.74. The van der Waals surface area contributed by atoms with E-state index in [9.17, 15) is 4.79 Å². The smallest absolute Gasteiger partial charge is 0.204 e. The zero-order valence-corrected chi connectivity index (χ0v) is 13.6. The SMILES string of the molecule is CN(c1ccccc1)c1cc(=O)c2ccnc(-c3ccncc3)c2o1. The fourth-order valence-electron chi connectivity index (χ4n) is 2.73. The van der Waals surface area contributed by atoms with Crippen molar-refractivity contribution < 1.29 is 4.42 Å². The number of aromatic nitrogens is 2. The minimum atomic E-state index is -0.100. The fraction of sp³-hybridized carbons (Fsp3) is 0.0500. The summed E-state index contributed by atoms with van der Waals surface area (Å²) in [4.78, 5) is 22.9. The molecule has 0 unspecified atom stereocenters. The Bertz CT molecular complexity index is 1080. The highest BCUT2D eigenvalue weighted by atomic mass is 16.4. The number of fused-ring (bicyclic) bond motifs is 1. The molecule has 0 fully saturated rings. The minimum Gasteiger partial charge on any atom is -0.438 e. The summed E-state index contributed by atoms with van der Waals surface area (Å²) in [6.07, 6.45) is 5.00. The van der Waals surface area contributed by atoms with Crippen LogP contribution >= 0.6 is 0 Å². The molecular weight excluding hydrogens is 314 g/mol. The van der Waals surface area contributed by atoms with Crippen LogP contribution in [0, 0.1) is 0 Å². The summed E-state index contributed by atoms with van der Waals surface area (Å²) in [5.41, 5.74) is 2.78. The third-order valence-corrected chi connectivity index (χ3v) is 4.06. The van der Waals surface area contributed by atoms with Crippen LogP contribution in [-0.2, 0) is 0 Å². The summed E-state index contributed by atoms with van der Waals surface area (Å²) >= 11 is 0. The standard InChI is InChI=1S/C20H15N3O2/c1-23(15-5-3-2-4-6-15)18-13-17(24)16-9-12-22-19(20(16)25-18)14-7-10-21-11-8-14/h2-13H,1H3. The van der Waals surface area contributed by atoms with E-state index >= 15 is 0 Å². The summed E-state index contributed by atoms with van der Waals surface area (Å²) in [5.74, 6) is 0.465. The van der Waals surface area contributed by atoms with Crippen LogP contribution in [0.5, 0.6) is 0 Å². The van der Waals surface area contributed by atoms with Gasteiger partial charge in [0.2, 0.25) is 5.88 Å². The number of para-hydroxylation sites is 1. The molecule has 5 nitrogen and oxygen atoms in total. The molecule has 3 aromatic heterocycles. The van der Waals surface area contributed by atoms with Gasteiger partial charge in [-0.3, -0.25) is 14.8 Å². The first-order valence-corrected chi connectivity index (χ1v) is 7.86. The number of hydrogen-bond acceptors (Lipinski definition) is 5. The van der Waals surface area contributed by atoms with Crippen molar-refractivity contribution in [2.24, 2.45) is 0 Å². The Morgan fingerprint density at radius 1 is 0.960 bits per heavy atom. The number of benzene rings is 1. The first-order chi connectivity index (χ1) is 12.2. The maximum absolute atomic E-state index is 12.6. The average molecular weight is 329 g/mol. The maximum atomic E-state index is 12.6. The van der Waals surface area contributed by atoms with Gasteiger partial charge >= 0.3 is 0 Å². The van der Waals surface area contributed by atoms with Gasteiger partial charge in [-0.1, -0.05) is 18.2 Å². The van der Waals surface area contributed by atoms with Crippen LogP contribution in [0.2, 0.25) is 0 Å². The molecule has 0 saturated carbocycles. The van der Waals surface area contributed by atoms with Crippen molar-refractivity contribution in [1.82, 2.24) is 9.97 Å². The fourth-order valence-corrected chi connectivity index (χ4v) is 2.73. The molecule has 3 heterocycles. The Balaban J connectivity index is 1.93. The predicted molar refractivity (Wildman–Crippen MR) is 98.0 cm³/mol. The first-order valence-electron chi connectivity index (χ1n) is 7.86. The van der Waals surface area contributed by atoms with Crippen molar-refractivity contribution in [3.63, 3.8) is 0 Å². The van der Waals surface area contributed by atoms with Gasteiger partial charge in [-0.05, 0) is 30.3 Å². The average Bonchev–Trinajstić information content (AvgIpc) is 2.68. The molecule has 0 saturated heterocycles. The van der Waals surface area contributed by atoms with Gasteiger partial charge in [0.25, 0.3) is 0 Å². The van der Waals surface area contributed by atoms with Crippen LogP contribution in [-0.4, -0.2) is 17.0 Å². The van der Waals surface area contributed by atoms with Crippen LogP contribution < -0.4 is 10.3 Å². The monoisotopic (exact) mass is 329 g/mol. The van der Waals surface area contributed by atoms with Crippen molar-refractivity contribution in [2.45, 2.75) is 0 Å². The summed E-state index contributed by atoms with van der Waals surface area (Å²) in [6, 6.07) is 16.6. The van der Waals surface area contributed by atoms with Gasteiger partial charge in [-0.25, -0.2) is 0 Å². The van der Waals surface area contributed by atoms with Gasteiger partial charge in [0.15, 0.2) is 11.0 Å². The van der Waals surface area contributed by atoms with Gasteiger partial charge < -0.3 is 9.32 Å². The number of anilines is 2. The topological polar surface area (TPSA) is 59.2 Å². The van der Waals surface area contributed by atoms with E-state index in [1.54, 1.807) is 24.7 Å². The second-order valence-corrected chi connectivity index (χ2v) is 5.62. The molecule has 0 bridgehead atoms. The van der Waals surface area contributed by atoms with Gasteiger partial charge in [-0.2, -0.15) is 0 Å². The van der Waals surface area contributed by atoms with E-state index < -0.39 is 0 Å². The molecule has 122 valence electrons. The largest absolute Gasteiger partial charge is 0.438 e. The minimum absolute atomic E-state index is 0.100. The Hall–Kier alpha value is -3.47. The molecule has 0 radical (unpaired) electrons. The van der Waals surface area contributed by atoms with Gasteiger partial charge in [0, 0.05) is 43.0 Å². The lowest BCUT2D eigenvalue weighted by Gasteiger charge is -2.18. The molecule has 0 aliphatic carbocycles. The third-order valence-electron chi connectivity index (χ3n) is 4.06. The van der Waals surface area contributed by atoms with E-state index in [-0.39, 0.29) is 5.43 Å². The van der Waals surface area contributed by atoms with Crippen LogP contribution in [0.4, 0.5) is 11.6 Å². The quantitative estimate of drug-likeness (QED) is 0.568. The third kappa shape index (κ3) is 2.76. The molecule has 1 aromatic carbocycles. The van der Waals surface area contributed by atoms with E-state index in [4.69, 9.17) is 4.42 Å². The molecule has 5 heteroatoms. The van der Waals surface area contributed by atoms with E-state index in [1.165, 1.54) is 6.07 Å². The van der Waals surface area contributed by atoms with Gasteiger partial charge in [0.1, 0.15) is 5.69 Å². The first kappa shape index (κ1) is 15.1. The Labute approximate surface area is 144 Å². The van der Waals surface area contributed by atoms with Crippen LogP contribution in [0.3, 0.4) is 0 Å². The van der Waals surface area contributed by atoms with Gasteiger partial charge in [-0.15, -0.1) is 0 Å². The summed E-state index contributed by atoms with van der Waals surface area (Å²) in [7, 11) is 1.86. The zero-order chi connectivity index (χ0) is 17.2. The summed E-state index contributed by atoms with van der Waals surface area (Å²) in [6.45, 7) is 0. The van der Waals surface area contributed by atoms with Crippen molar-refractivity contribution in [3.05, 3.63) is 83.4 Å². The molecule has 4 aromatic rings. The van der Waals surface area contributed by atoms with Crippen molar-refractivity contribution in [3.8, 4) is 11.3 Å². The van der Waals surface area contributed by atoms with Gasteiger partial charge in [0.05, 0.1) is 5.39 Å². The van der Waals surface area contributed by atoms with Crippen LogP contribution in [0.15, 0.2) is 82.4 Å². The second kappa shape index (κ2) is 6.20. The van der Waals surface area contributed by atoms with Crippen molar-refractivity contribution in [2.75, 3.05) is 11.9 Å². The highest BCUT2D eigenvalue weighted by Gasteiger charge is 2.14. The van der Waals surface area contributed by atoms with Crippen LogP contribution in [0.1, 0.15) is 0 Å². The molecule has 4 rings (SSSR count). The zero-order valence-electron chi connectivity index (χ0n) is 13.6. The van der Waals surface area contributed by atoms with E-state index in [0.29, 0.717) is 22.5 Å². The Morgan fingerprint density at radius 2 is 1.72 bits per heavy atom. The predicted octanol–water partition coefficient (Wildman–Crippen LogP) is 4.02. The normalized spacial score (nSPS) is 10.8. The lowest BCUT2D eigenvalue weighted by molar-refractivity contribution is 0.603. The molecule has 0 N–H and O–H groups in total.